The van der Waals surface area contributed by atoms with Crippen molar-refractivity contribution in [3.05, 3.63) is 47.2 Å². The van der Waals surface area contributed by atoms with Gasteiger partial charge in [-0.15, -0.1) is 10.2 Å². The number of methoxy groups -OCH3 is 1. The van der Waals surface area contributed by atoms with Gasteiger partial charge in [0.1, 0.15) is 17.2 Å². The van der Waals surface area contributed by atoms with Gasteiger partial charge in [-0.05, 0) is 35.9 Å². The zero-order chi connectivity index (χ0) is 22.5. The van der Waals surface area contributed by atoms with E-state index in [1.807, 2.05) is 0 Å². The number of hydrogen-bond donors (Lipinski definition) is 2. The Morgan fingerprint density at radius 3 is 3.03 bits per heavy atom. The number of morpholine rings is 1. The predicted molar refractivity (Wildman–Crippen MR) is 110 cm³/mol. The third-order valence-corrected chi connectivity index (χ3v) is 4.79. The van der Waals surface area contributed by atoms with Gasteiger partial charge < -0.3 is 20.1 Å². The average molecular weight is 442 g/mol. The van der Waals surface area contributed by atoms with Gasteiger partial charge in [0.15, 0.2) is 11.6 Å². The summed E-state index contributed by atoms with van der Waals surface area (Å²) in [4.78, 5) is 22.6. The van der Waals surface area contributed by atoms with Crippen LogP contribution in [0.25, 0.3) is 11.5 Å². The molecule has 1 fully saturated rings. The smallest absolute Gasteiger partial charge is 0.270 e. The highest BCUT2D eigenvalue weighted by molar-refractivity contribution is 5.93. The third-order valence-electron chi connectivity index (χ3n) is 4.79. The number of rotatable bonds is 7. The first-order valence-corrected chi connectivity index (χ1v) is 10.1. The monoisotopic (exact) mass is 442 g/mol. The number of nitrogens with zero attached hydrogens (tertiary/aromatic N) is 6. The van der Waals surface area contributed by atoms with E-state index in [-0.39, 0.29) is 29.9 Å². The van der Waals surface area contributed by atoms with Crippen molar-refractivity contribution in [2.24, 2.45) is 0 Å². The molecular formula is C20H23FN8O3. The summed E-state index contributed by atoms with van der Waals surface area (Å²) in [7, 11) is 1.38. The van der Waals surface area contributed by atoms with Crippen LogP contribution in [0.15, 0.2) is 24.3 Å². The topological polar surface area (TPSA) is 129 Å². The highest BCUT2D eigenvalue weighted by Gasteiger charge is 2.18. The average Bonchev–Trinajstić information content (AvgIpc) is 3.27. The van der Waals surface area contributed by atoms with E-state index in [0.717, 1.165) is 6.54 Å². The molecular weight excluding hydrogens is 419 g/mol. The Balaban J connectivity index is 1.44. The maximum atomic E-state index is 13.6. The van der Waals surface area contributed by atoms with Crippen LogP contribution >= 0.6 is 0 Å². The second-order valence-electron chi connectivity index (χ2n) is 7.20. The van der Waals surface area contributed by atoms with Crippen LogP contribution in [0.1, 0.15) is 21.9 Å². The van der Waals surface area contributed by atoms with Gasteiger partial charge in [0.05, 0.1) is 26.4 Å². The summed E-state index contributed by atoms with van der Waals surface area (Å²) in [5.41, 5.74) is 1.24. The van der Waals surface area contributed by atoms with Crippen molar-refractivity contribution in [1.29, 1.82) is 0 Å². The van der Waals surface area contributed by atoms with Crippen molar-refractivity contribution in [3.63, 3.8) is 0 Å². The van der Waals surface area contributed by atoms with Crippen molar-refractivity contribution in [3.8, 4) is 17.3 Å². The first-order valence-electron chi connectivity index (χ1n) is 10.1. The van der Waals surface area contributed by atoms with E-state index < -0.39 is 11.7 Å². The highest BCUT2D eigenvalue weighted by atomic mass is 19.1. The van der Waals surface area contributed by atoms with E-state index in [1.54, 1.807) is 13.0 Å². The molecule has 0 radical (unpaired) electrons. The van der Waals surface area contributed by atoms with Crippen molar-refractivity contribution in [1.82, 2.24) is 40.8 Å². The Bertz CT molecular complexity index is 1100. The standard InChI is InChI=1S/C20H23FN8O3/c1-12-24-16(19-26-28-29(27-19)11-14-10-22-5-6-32-14)8-17(25-12)20(30)23-9-13-3-4-15(21)18(7-13)31-2/h3-4,7-8,14,22H,5-6,9-11H2,1-2H3,(H,23,30). The molecule has 0 saturated carbocycles. The second kappa shape index (κ2) is 9.75. The fourth-order valence-corrected chi connectivity index (χ4v) is 3.23. The van der Waals surface area contributed by atoms with Crippen LogP contribution in [-0.4, -0.2) is 69.0 Å². The molecule has 11 nitrogen and oxygen atoms in total. The van der Waals surface area contributed by atoms with E-state index in [0.29, 0.717) is 36.8 Å². The first-order chi connectivity index (χ1) is 15.5. The van der Waals surface area contributed by atoms with Gasteiger partial charge in [-0.3, -0.25) is 4.79 Å². The lowest BCUT2D eigenvalue weighted by molar-refractivity contribution is 0.0133. The number of nitrogens with one attached hydrogen (secondary N) is 2. The third kappa shape index (κ3) is 5.21. The summed E-state index contributed by atoms with van der Waals surface area (Å²) in [5.74, 6) is -0.0797. The number of ether oxygens (including phenoxy) is 2. The molecule has 1 atom stereocenters. The minimum absolute atomic E-state index is 0.0376. The van der Waals surface area contributed by atoms with Crippen LogP contribution in [0.3, 0.4) is 0 Å². The molecule has 1 aliphatic heterocycles. The number of aryl methyl sites for hydroxylation is 1. The normalized spacial score (nSPS) is 16.0. The number of carbonyl (C=O) groups excluding carboxylic acids is 1. The van der Waals surface area contributed by atoms with Crippen molar-refractivity contribution < 1.29 is 18.7 Å². The molecule has 0 aliphatic carbocycles. The fraction of sp³-hybridized carbons (Fsp3) is 0.400. The summed E-state index contributed by atoms with van der Waals surface area (Å²) in [6.45, 7) is 4.49. The van der Waals surface area contributed by atoms with E-state index in [1.165, 1.54) is 30.1 Å². The van der Waals surface area contributed by atoms with Crippen LogP contribution in [0.5, 0.6) is 5.75 Å². The molecule has 2 aromatic heterocycles. The largest absolute Gasteiger partial charge is 0.494 e. The quantitative estimate of drug-likeness (QED) is 0.537. The molecule has 1 aliphatic rings. The zero-order valence-electron chi connectivity index (χ0n) is 17.7. The van der Waals surface area contributed by atoms with Gasteiger partial charge in [-0.1, -0.05) is 6.07 Å². The van der Waals surface area contributed by atoms with Gasteiger partial charge in [0.25, 0.3) is 5.91 Å². The van der Waals surface area contributed by atoms with Gasteiger partial charge in [-0.25, -0.2) is 14.4 Å². The molecule has 0 bridgehead atoms. The number of amides is 1. The maximum absolute atomic E-state index is 13.6. The van der Waals surface area contributed by atoms with Crippen LogP contribution in [-0.2, 0) is 17.8 Å². The van der Waals surface area contributed by atoms with Crippen molar-refractivity contribution in [2.45, 2.75) is 26.1 Å². The van der Waals surface area contributed by atoms with Crippen LogP contribution in [0, 0.1) is 12.7 Å². The zero-order valence-corrected chi connectivity index (χ0v) is 17.7. The van der Waals surface area contributed by atoms with Crippen molar-refractivity contribution >= 4 is 5.91 Å². The molecule has 168 valence electrons. The molecule has 3 aromatic rings. The van der Waals surface area contributed by atoms with E-state index >= 15 is 0 Å². The van der Waals surface area contributed by atoms with E-state index in [4.69, 9.17) is 9.47 Å². The number of benzene rings is 1. The summed E-state index contributed by atoms with van der Waals surface area (Å²) in [5, 5.41) is 18.5. The Morgan fingerprint density at radius 1 is 1.38 bits per heavy atom. The van der Waals surface area contributed by atoms with Crippen LogP contribution in [0.2, 0.25) is 0 Å². The van der Waals surface area contributed by atoms with Gasteiger partial charge >= 0.3 is 0 Å². The summed E-state index contributed by atoms with van der Waals surface area (Å²) < 4.78 is 24.2. The lowest BCUT2D eigenvalue weighted by atomic mass is 10.2. The molecule has 1 saturated heterocycles. The molecule has 1 amide bonds. The number of aromatic nitrogens is 6. The Morgan fingerprint density at radius 2 is 2.25 bits per heavy atom. The maximum Gasteiger partial charge on any atom is 0.270 e. The molecule has 1 unspecified atom stereocenters. The van der Waals surface area contributed by atoms with Gasteiger partial charge in [-0.2, -0.15) is 4.80 Å². The summed E-state index contributed by atoms with van der Waals surface area (Å²) in [6.07, 6.45) is -0.0376. The number of halogens is 1. The molecule has 32 heavy (non-hydrogen) atoms. The highest BCUT2D eigenvalue weighted by Crippen LogP contribution is 2.18. The lowest BCUT2D eigenvalue weighted by Crippen LogP contribution is -2.41. The Kier molecular flexibility index (Phi) is 6.61. The van der Waals surface area contributed by atoms with Gasteiger partial charge in [0, 0.05) is 19.6 Å². The molecule has 0 spiro atoms. The number of hydrogen-bond acceptors (Lipinski definition) is 9. The minimum Gasteiger partial charge on any atom is -0.494 e. The number of tetrazole rings is 1. The molecule has 3 heterocycles. The predicted octanol–water partition coefficient (Wildman–Crippen LogP) is 0.505. The first kappa shape index (κ1) is 21.7. The van der Waals surface area contributed by atoms with Crippen LogP contribution in [0.4, 0.5) is 4.39 Å². The fourth-order valence-electron chi connectivity index (χ4n) is 3.23. The SMILES string of the molecule is COc1cc(CNC(=O)c2cc(-c3nnn(CC4CNCCO4)n3)nc(C)n2)ccc1F. The molecule has 4 rings (SSSR count). The Labute approximate surface area is 183 Å². The Hall–Kier alpha value is -3.51. The number of carbonyl (C=O) groups is 1. The minimum atomic E-state index is -0.467. The van der Waals surface area contributed by atoms with E-state index in [9.17, 15) is 9.18 Å². The van der Waals surface area contributed by atoms with Crippen molar-refractivity contribution in [2.75, 3.05) is 26.8 Å². The summed E-state index contributed by atoms with van der Waals surface area (Å²) >= 11 is 0. The molecule has 2 N–H and O–H groups in total. The molecule has 1 aromatic carbocycles. The summed E-state index contributed by atoms with van der Waals surface area (Å²) in [6, 6.07) is 5.90. The van der Waals surface area contributed by atoms with Crippen LogP contribution < -0.4 is 15.4 Å². The second-order valence-corrected chi connectivity index (χ2v) is 7.20. The molecule has 12 heteroatoms. The lowest BCUT2D eigenvalue weighted by Gasteiger charge is -2.22. The van der Waals surface area contributed by atoms with Gasteiger partial charge in [0.2, 0.25) is 5.82 Å². The van der Waals surface area contributed by atoms with E-state index in [2.05, 4.69) is 36.0 Å².